The van der Waals surface area contributed by atoms with Crippen molar-refractivity contribution in [2.45, 2.75) is 6.54 Å². The summed E-state index contributed by atoms with van der Waals surface area (Å²) < 4.78 is 5.12. The van der Waals surface area contributed by atoms with E-state index in [0.29, 0.717) is 17.9 Å². The number of carbonyl (C=O) groups excluding carboxylic acids is 1. The number of phenols is 1. The van der Waals surface area contributed by atoms with Crippen LogP contribution in [0.4, 0.5) is 0 Å². The molecule has 0 saturated heterocycles. The van der Waals surface area contributed by atoms with E-state index < -0.39 is 0 Å². The minimum absolute atomic E-state index is 0.0826. The number of carbonyl (C=O) groups is 1. The van der Waals surface area contributed by atoms with E-state index in [1.165, 1.54) is 6.07 Å². The van der Waals surface area contributed by atoms with Crippen LogP contribution in [0.15, 0.2) is 52.4 Å². The SMILES string of the molecule is O=C(NCc1cccs1)c1cc(-c2ccccc2O)on1. The lowest BCUT2D eigenvalue weighted by molar-refractivity contribution is 0.0942. The average molecular weight is 300 g/mol. The molecule has 5 nitrogen and oxygen atoms in total. The number of aromatic hydroxyl groups is 1. The zero-order valence-electron chi connectivity index (χ0n) is 10.9. The summed E-state index contributed by atoms with van der Waals surface area (Å²) >= 11 is 1.57. The van der Waals surface area contributed by atoms with E-state index in [9.17, 15) is 9.90 Å². The molecular weight excluding hydrogens is 288 g/mol. The van der Waals surface area contributed by atoms with Crippen LogP contribution in [0.25, 0.3) is 11.3 Å². The standard InChI is InChI=1S/C15H12N2O3S/c18-13-6-2-1-5-11(13)14-8-12(17-20-14)15(19)16-9-10-4-3-7-21-10/h1-8,18H,9H2,(H,16,19). The third-order valence-electron chi connectivity index (χ3n) is 2.92. The maximum absolute atomic E-state index is 12.0. The second-order valence-electron chi connectivity index (χ2n) is 4.36. The Kier molecular flexibility index (Phi) is 3.70. The van der Waals surface area contributed by atoms with Gasteiger partial charge in [0.2, 0.25) is 0 Å². The van der Waals surface area contributed by atoms with Crippen LogP contribution >= 0.6 is 11.3 Å². The van der Waals surface area contributed by atoms with Gasteiger partial charge in [0.15, 0.2) is 11.5 Å². The van der Waals surface area contributed by atoms with Crippen LogP contribution in [-0.4, -0.2) is 16.2 Å². The molecule has 0 radical (unpaired) electrons. The first-order valence-corrected chi connectivity index (χ1v) is 7.17. The summed E-state index contributed by atoms with van der Waals surface area (Å²) in [4.78, 5) is 13.0. The summed E-state index contributed by atoms with van der Waals surface area (Å²) in [6, 6.07) is 12.1. The van der Waals surface area contributed by atoms with E-state index in [1.807, 2.05) is 17.5 Å². The van der Waals surface area contributed by atoms with Gasteiger partial charge in [-0.25, -0.2) is 0 Å². The van der Waals surface area contributed by atoms with E-state index >= 15 is 0 Å². The highest BCUT2D eigenvalue weighted by atomic mass is 32.1. The predicted molar refractivity (Wildman–Crippen MR) is 79.1 cm³/mol. The summed E-state index contributed by atoms with van der Waals surface area (Å²) in [6.07, 6.45) is 0. The minimum Gasteiger partial charge on any atom is -0.507 e. The zero-order valence-corrected chi connectivity index (χ0v) is 11.8. The number of nitrogens with zero attached hydrogens (tertiary/aromatic N) is 1. The van der Waals surface area contributed by atoms with Gasteiger partial charge in [-0.3, -0.25) is 4.79 Å². The van der Waals surface area contributed by atoms with Gasteiger partial charge in [0.1, 0.15) is 5.75 Å². The van der Waals surface area contributed by atoms with Crippen molar-refractivity contribution in [3.05, 3.63) is 58.4 Å². The van der Waals surface area contributed by atoms with Crippen molar-refractivity contribution in [1.82, 2.24) is 10.5 Å². The lowest BCUT2D eigenvalue weighted by Gasteiger charge is -1.99. The van der Waals surface area contributed by atoms with Gasteiger partial charge in [-0.1, -0.05) is 23.4 Å². The fourth-order valence-electron chi connectivity index (χ4n) is 1.86. The third-order valence-corrected chi connectivity index (χ3v) is 3.79. The Bertz CT molecular complexity index is 750. The Morgan fingerprint density at radius 2 is 2.14 bits per heavy atom. The molecule has 2 heterocycles. The lowest BCUT2D eigenvalue weighted by Crippen LogP contribution is -2.22. The molecule has 0 unspecified atom stereocenters. The molecule has 0 aliphatic carbocycles. The number of hydrogen-bond acceptors (Lipinski definition) is 5. The Hall–Kier alpha value is -2.60. The molecule has 3 aromatic rings. The summed E-state index contributed by atoms with van der Waals surface area (Å²) in [5.74, 6) is 0.127. The van der Waals surface area contributed by atoms with Crippen molar-refractivity contribution in [2.24, 2.45) is 0 Å². The molecule has 0 aliphatic rings. The maximum atomic E-state index is 12.0. The molecule has 0 fully saturated rings. The van der Waals surface area contributed by atoms with Crippen molar-refractivity contribution < 1.29 is 14.4 Å². The molecule has 0 atom stereocenters. The molecule has 0 saturated carbocycles. The molecule has 21 heavy (non-hydrogen) atoms. The first kappa shape index (κ1) is 13.4. The van der Waals surface area contributed by atoms with Gasteiger partial charge in [-0.15, -0.1) is 11.3 Å². The number of nitrogens with one attached hydrogen (secondary N) is 1. The molecule has 106 valence electrons. The predicted octanol–water partition coefficient (Wildman–Crippen LogP) is 3.04. The van der Waals surface area contributed by atoms with Crippen molar-refractivity contribution in [2.75, 3.05) is 0 Å². The fraction of sp³-hybridized carbons (Fsp3) is 0.0667. The number of benzene rings is 1. The maximum Gasteiger partial charge on any atom is 0.273 e. The zero-order chi connectivity index (χ0) is 14.7. The second kappa shape index (κ2) is 5.80. The van der Waals surface area contributed by atoms with Crippen molar-refractivity contribution >= 4 is 17.2 Å². The first-order valence-electron chi connectivity index (χ1n) is 6.30. The smallest absolute Gasteiger partial charge is 0.273 e. The average Bonchev–Trinajstić information content (AvgIpc) is 3.17. The van der Waals surface area contributed by atoms with Gasteiger partial charge in [-0.05, 0) is 23.6 Å². The number of phenolic OH excluding ortho intramolecular Hbond substituents is 1. The molecule has 2 aromatic heterocycles. The summed E-state index contributed by atoms with van der Waals surface area (Å²) in [6.45, 7) is 0.454. The number of aromatic nitrogens is 1. The fourth-order valence-corrected chi connectivity index (χ4v) is 2.51. The number of thiophene rings is 1. The van der Waals surface area contributed by atoms with Crippen LogP contribution in [0, 0.1) is 0 Å². The Morgan fingerprint density at radius 1 is 1.29 bits per heavy atom. The molecule has 0 aliphatic heterocycles. The third kappa shape index (κ3) is 2.95. The largest absolute Gasteiger partial charge is 0.507 e. The second-order valence-corrected chi connectivity index (χ2v) is 5.39. The van der Waals surface area contributed by atoms with Gasteiger partial charge in [-0.2, -0.15) is 0 Å². The molecule has 0 spiro atoms. The monoisotopic (exact) mass is 300 g/mol. The van der Waals surface area contributed by atoms with Crippen LogP contribution in [0.2, 0.25) is 0 Å². The highest BCUT2D eigenvalue weighted by Crippen LogP contribution is 2.28. The number of rotatable bonds is 4. The molecule has 0 bridgehead atoms. The van der Waals surface area contributed by atoms with E-state index in [1.54, 1.807) is 35.6 Å². The van der Waals surface area contributed by atoms with Crippen LogP contribution in [0.1, 0.15) is 15.4 Å². The molecule has 6 heteroatoms. The normalized spacial score (nSPS) is 10.5. The van der Waals surface area contributed by atoms with Gasteiger partial charge in [0.05, 0.1) is 12.1 Å². The summed E-state index contributed by atoms with van der Waals surface area (Å²) in [5, 5.41) is 18.2. The number of hydrogen-bond donors (Lipinski definition) is 2. The summed E-state index contributed by atoms with van der Waals surface area (Å²) in [5.41, 5.74) is 0.687. The van der Waals surface area contributed by atoms with Crippen molar-refractivity contribution in [3.8, 4) is 17.1 Å². The minimum atomic E-state index is -0.311. The van der Waals surface area contributed by atoms with Crippen LogP contribution in [-0.2, 0) is 6.54 Å². The number of para-hydroxylation sites is 1. The van der Waals surface area contributed by atoms with E-state index in [-0.39, 0.29) is 17.4 Å². The van der Waals surface area contributed by atoms with E-state index in [4.69, 9.17) is 4.52 Å². The van der Waals surface area contributed by atoms with Gasteiger partial charge < -0.3 is 14.9 Å². The molecule has 1 aromatic carbocycles. The first-order chi connectivity index (χ1) is 10.2. The Labute approximate surface area is 124 Å². The highest BCUT2D eigenvalue weighted by molar-refractivity contribution is 7.09. The van der Waals surface area contributed by atoms with Crippen molar-refractivity contribution in [1.29, 1.82) is 0 Å². The summed E-state index contributed by atoms with van der Waals surface area (Å²) in [7, 11) is 0. The Balaban J connectivity index is 1.73. The van der Waals surface area contributed by atoms with Crippen LogP contribution in [0.5, 0.6) is 5.75 Å². The quantitative estimate of drug-likeness (QED) is 0.776. The lowest BCUT2D eigenvalue weighted by atomic mass is 10.1. The molecule has 2 N–H and O–H groups in total. The van der Waals surface area contributed by atoms with E-state index in [0.717, 1.165) is 4.88 Å². The van der Waals surface area contributed by atoms with Gasteiger partial charge in [0, 0.05) is 10.9 Å². The topological polar surface area (TPSA) is 75.4 Å². The van der Waals surface area contributed by atoms with Crippen LogP contribution in [0.3, 0.4) is 0 Å². The molecule has 3 rings (SSSR count). The molecule has 1 amide bonds. The Morgan fingerprint density at radius 3 is 2.90 bits per heavy atom. The highest BCUT2D eigenvalue weighted by Gasteiger charge is 2.15. The number of amides is 1. The van der Waals surface area contributed by atoms with Crippen LogP contribution < -0.4 is 5.32 Å². The van der Waals surface area contributed by atoms with Crippen molar-refractivity contribution in [3.63, 3.8) is 0 Å². The van der Waals surface area contributed by atoms with Gasteiger partial charge >= 0.3 is 0 Å². The van der Waals surface area contributed by atoms with Gasteiger partial charge in [0.25, 0.3) is 5.91 Å². The molecular formula is C15H12N2O3S. The van der Waals surface area contributed by atoms with E-state index in [2.05, 4.69) is 10.5 Å².